The number of nitrogens with one attached hydrogen (secondary N) is 1. The van der Waals surface area contributed by atoms with Crippen LogP contribution in [-0.2, 0) is 13.0 Å². The minimum atomic E-state index is -0.375. The van der Waals surface area contributed by atoms with Gasteiger partial charge < -0.3 is 9.84 Å². The largest absolute Gasteiger partial charge is 0.339 e. The van der Waals surface area contributed by atoms with Gasteiger partial charge in [-0.05, 0) is 13.0 Å². The molecule has 96 valence electrons. The maximum atomic E-state index is 13.5. The summed E-state index contributed by atoms with van der Waals surface area (Å²) < 4.78 is 18.5. The molecule has 4 nitrogen and oxygen atoms in total. The third kappa shape index (κ3) is 3.27. The second kappa shape index (κ2) is 5.93. The first kappa shape index (κ1) is 13.0. The summed E-state index contributed by atoms with van der Waals surface area (Å²) in [5, 5.41) is 6.93. The first-order valence-corrected chi connectivity index (χ1v) is 5.97. The van der Waals surface area contributed by atoms with E-state index in [1.165, 1.54) is 6.07 Å². The third-order valence-electron chi connectivity index (χ3n) is 2.43. The molecule has 0 radical (unpaired) electrons. The topological polar surface area (TPSA) is 51.0 Å². The van der Waals surface area contributed by atoms with Crippen molar-refractivity contribution in [2.45, 2.75) is 19.9 Å². The van der Waals surface area contributed by atoms with Gasteiger partial charge in [-0.1, -0.05) is 28.9 Å². The summed E-state index contributed by atoms with van der Waals surface area (Å²) in [7, 11) is 0. The van der Waals surface area contributed by atoms with Gasteiger partial charge in [-0.25, -0.2) is 4.39 Å². The van der Waals surface area contributed by atoms with E-state index in [0.29, 0.717) is 36.8 Å². The van der Waals surface area contributed by atoms with E-state index in [1.807, 2.05) is 0 Å². The molecule has 0 unspecified atom stereocenters. The summed E-state index contributed by atoms with van der Waals surface area (Å²) in [5.74, 6) is 0.817. The molecule has 0 aliphatic carbocycles. The normalized spacial score (nSPS) is 10.8. The number of benzene rings is 1. The zero-order valence-corrected chi connectivity index (χ0v) is 10.7. The lowest BCUT2D eigenvalue weighted by molar-refractivity contribution is 0.372. The molecule has 1 N–H and O–H groups in total. The summed E-state index contributed by atoms with van der Waals surface area (Å²) in [4.78, 5) is 4.07. The highest BCUT2D eigenvalue weighted by atomic mass is 35.5. The van der Waals surface area contributed by atoms with E-state index in [0.717, 1.165) is 0 Å². The Bertz CT molecular complexity index is 530. The van der Waals surface area contributed by atoms with Crippen molar-refractivity contribution >= 4 is 11.6 Å². The van der Waals surface area contributed by atoms with Crippen molar-refractivity contribution in [3.05, 3.63) is 46.3 Å². The van der Waals surface area contributed by atoms with Crippen LogP contribution in [0.2, 0.25) is 5.02 Å². The predicted octanol–water partition coefficient (Wildman–Crippen LogP) is 2.50. The molecular formula is C12H13ClFN3O. The van der Waals surface area contributed by atoms with E-state index >= 15 is 0 Å². The molecule has 0 saturated heterocycles. The summed E-state index contributed by atoms with van der Waals surface area (Å²) in [6.07, 6.45) is 0.614. The van der Waals surface area contributed by atoms with Gasteiger partial charge in [0.25, 0.3) is 0 Å². The SMILES string of the molecule is Cc1noc(CCNCc2cccc(Cl)c2F)n1. The summed E-state index contributed by atoms with van der Waals surface area (Å²) in [6, 6.07) is 4.95. The smallest absolute Gasteiger partial charge is 0.227 e. The van der Waals surface area contributed by atoms with Gasteiger partial charge in [0.15, 0.2) is 5.82 Å². The average molecular weight is 270 g/mol. The number of hydrogen-bond acceptors (Lipinski definition) is 4. The molecule has 0 aliphatic heterocycles. The van der Waals surface area contributed by atoms with Gasteiger partial charge in [0.2, 0.25) is 5.89 Å². The van der Waals surface area contributed by atoms with E-state index in [1.54, 1.807) is 19.1 Å². The van der Waals surface area contributed by atoms with Crippen LogP contribution in [0.25, 0.3) is 0 Å². The molecule has 2 aromatic rings. The molecule has 0 saturated carbocycles. The molecule has 6 heteroatoms. The first-order valence-electron chi connectivity index (χ1n) is 5.59. The van der Waals surface area contributed by atoms with Crippen molar-refractivity contribution in [3.8, 4) is 0 Å². The van der Waals surface area contributed by atoms with Gasteiger partial charge in [0.1, 0.15) is 5.82 Å². The Kier molecular flexibility index (Phi) is 4.28. The highest BCUT2D eigenvalue weighted by Gasteiger charge is 2.06. The van der Waals surface area contributed by atoms with Gasteiger partial charge >= 0.3 is 0 Å². The lowest BCUT2D eigenvalue weighted by Gasteiger charge is -2.05. The van der Waals surface area contributed by atoms with Crippen molar-refractivity contribution in [3.63, 3.8) is 0 Å². The minimum Gasteiger partial charge on any atom is -0.339 e. The van der Waals surface area contributed by atoms with E-state index in [2.05, 4.69) is 15.5 Å². The van der Waals surface area contributed by atoms with Gasteiger partial charge in [0.05, 0.1) is 5.02 Å². The highest BCUT2D eigenvalue weighted by molar-refractivity contribution is 6.30. The number of rotatable bonds is 5. The summed E-state index contributed by atoms with van der Waals surface area (Å²) >= 11 is 5.69. The van der Waals surface area contributed by atoms with Gasteiger partial charge in [-0.15, -0.1) is 0 Å². The molecule has 1 heterocycles. The molecule has 0 aliphatic rings. The van der Waals surface area contributed by atoms with Crippen LogP contribution in [-0.4, -0.2) is 16.7 Å². The predicted molar refractivity (Wildman–Crippen MR) is 65.9 cm³/mol. The van der Waals surface area contributed by atoms with Crippen molar-refractivity contribution in [1.29, 1.82) is 0 Å². The molecule has 1 aromatic heterocycles. The number of aryl methyl sites for hydroxylation is 1. The van der Waals surface area contributed by atoms with E-state index in [4.69, 9.17) is 16.1 Å². The number of halogens is 2. The number of hydrogen-bond donors (Lipinski definition) is 1. The second-order valence-electron chi connectivity index (χ2n) is 3.88. The third-order valence-corrected chi connectivity index (χ3v) is 2.72. The quantitative estimate of drug-likeness (QED) is 0.848. The summed E-state index contributed by atoms with van der Waals surface area (Å²) in [6.45, 7) is 2.81. The maximum Gasteiger partial charge on any atom is 0.227 e. The van der Waals surface area contributed by atoms with Crippen LogP contribution in [0.5, 0.6) is 0 Å². The number of nitrogens with zero attached hydrogens (tertiary/aromatic N) is 2. The zero-order chi connectivity index (χ0) is 13.0. The van der Waals surface area contributed by atoms with Crippen LogP contribution < -0.4 is 5.32 Å². The Hall–Kier alpha value is -1.46. The van der Waals surface area contributed by atoms with Crippen molar-refractivity contribution in [2.75, 3.05) is 6.54 Å². The zero-order valence-electron chi connectivity index (χ0n) is 9.91. The molecule has 18 heavy (non-hydrogen) atoms. The standard InChI is InChI=1S/C12H13ClFN3O/c1-8-16-11(18-17-8)5-6-15-7-9-3-2-4-10(13)12(9)14/h2-4,15H,5-7H2,1H3. The highest BCUT2D eigenvalue weighted by Crippen LogP contribution is 2.17. The molecule has 1 aromatic carbocycles. The molecule has 0 bridgehead atoms. The van der Waals surface area contributed by atoms with E-state index < -0.39 is 0 Å². The Morgan fingerprint density at radius 3 is 3.00 bits per heavy atom. The molecule has 0 spiro atoms. The van der Waals surface area contributed by atoms with E-state index in [9.17, 15) is 4.39 Å². The minimum absolute atomic E-state index is 0.141. The maximum absolute atomic E-state index is 13.5. The Labute approximate surface area is 109 Å². The summed E-state index contributed by atoms with van der Waals surface area (Å²) in [5.41, 5.74) is 0.546. The van der Waals surface area contributed by atoms with Crippen LogP contribution in [0.15, 0.2) is 22.7 Å². The Morgan fingerprint density at radius 2 is 2.28 bits per heavy atom. The molecule has 0 fully saturated rings. The van der Waals surface area contributed by atoms with Crippen LogP contribution >= 0.6 is 11.6 Å². The fraction of sp³-hybridized carbons (Fsp3) is 0.333. The van der Waals surface area contributed by atoms with Gasteiger partial charge in [-0.3, -0.25) is 0 Å². The van der Waals surface area contributed by atoms with Crippen LogP contribution in [0, 0.1) is 12.7 Å². The van der Waals surface area contributed by atoms with Crippen molar-refractivity contribution < 1.29 is 8.91 Å². The lowest BCUT2D eigenvalue weighted by atomic mass is 10.2. The van der Waals surface area contributed by atoms with E-state index in [-0.39, 0.29) is 10.8 Å². The molecule has 0 amide bonds. The van der Waals surface area contributed by atoms with Gasteiger partial charge in [-0.2, -0.15) is 4.98 Å². The van der Waals surface area contributed by atoms with Gasteiger partial charge in [0, 0.05) is 25.1 Å². The number of aromatic nitrogens is 2. The fourth-order valence-corrected chi connectivity index (χ4v) is 1.74. The van der Waals surface area contributed by atoms with Crippen molar-refractivity contribution in [1.82, 2.24) is 15.5 Å². The second-order valence-corrected chi connectivity index (χ2v) is 4.28. The van der Waals surface area contributed by atoms with Crippen LogP contribution in [0.3, 0.4) is 0 Å². The fourth-order valence-electron chi connectivity index (χ4n) is 1.54. The van der Waals surface area contributed by atoms with Crippen LogP contribution in [0.1, 0.15) is 17.3 Å². The molecule has 2 rings (SSSR count). The lowest BCUT2D eigenvalue weighted by Crippen LogP contribution is -2.17. The first-order chi connectivity index (χ1) is 8.66. The van der Waals surface area contributed by atoms with Crippen LogP contribution in [0.4, 0.5) is 4.39 Å². The molecular weight excluding hydrogens is 257 g/mol. The van der Waals surface area contributed by atoms with Crippen molar-refractivity contribution in [2.24, 2.45) is 0 Å². The average Bonchev–Trinajstić information content (AvgIpc) is 2.76. The molecule has 0 atom stereocenters. The Morgan fingerprint density at radius 1 is 1.44 bits per heavy atom. The Balaban J connectivity index is 1.80. The monoisotopic (exact) mass is 269 g/mol.